The second kappa shape index (κ2) is 9.70. The lowest BCUT2D eigenvalue weighted by atomic mass is 9.56. The van der Waals surface area contributed by atoms with Crippen molar-refractivity contribution in [1.82, 2.24) is 5.32 Å². The number of amides is 1. The molecule has 4 heteroatoms. The highest BCUT2D eigenvalue weighted by Gasteiger charge is 2.49. The highest BCUT2D eigenvalue weighted by Crippen LogP contribution is 2.54. The number of methoxy groups -OCH3 is 1. The third kappa shape index (κ3) is 4.71. The van der Waals surface area contributed by atoms with Crippen LogP contribution in [-0.2, 0) is 27.2 Å². The first kappa shape index (κ1) is 23.5. The molecule has 2 aliphatic rings. The lowest BCUT2D eigenvalue weighted by molar-refractivity contribution is -0.148. The zero-order chi connectivity index (χ0) is 23.6. The van der Waals surface area contributed by atoms with Gasteiger partial charge in [0.15, 0.2) is 0 Å². The summed E-state index contributed by atoms with van der Waals surface area (Å²) in [6.45, 7) is 6.59. The van der Waals surface area contributed by atoms with E-state index in [0.29, 0.717) is 24.2 Å². The van der Waals surface area contributed by atoms with Crippen molar-refractivity contribution in [2.45, 2.75) is 77.2 Å². The molecule has 1 saturated carbocycles. The minimum atomic E-state index is -0.674. The Balaban J connectivity index is 1.56. The van der Waals surface area contributed by atoms with E-state index in [1.54, 1.807) is 0 Å². The number of carbonyl (C=O) groups excluding carboxylic acids is 2. The van der Waals surface area contributed by atoms with E-state index in [2.05, 4.69) is 44.3 Å². The number of carbonyl (C=O) groups is 2. The molecule has 4 atom stereocenters. The van der Waals surface area contributed by atoms with Gasteiger partial charge in [-0.2, -0.15) is 0 Å². The van der Waals surface area contributed by atoms with Crippen LogP contribution in [0.1, 0.15) is 80.5 Å². The van der Waals surface area contributed by atoms with Crippen LogP contribution >= 0.6 is 0 Å². The van der Waals surface area contributed by atoms with Gasteiger partial charge in [0.2, 0.25) is 5.91 Å². The molecule has 1 amide bonds. The van der Waals surface area contributed by atoms with Crippen LogP contribution in [0.5, 0.6) is 0 Å². The maximum atomic E-state index is 13.7. The van der Waals surface area contributed by atoms with Gasteiger partial charge in [0, 0.05) is 11.8 Å². The molecule has 0 radical (unpaired) electrons. The van der Waals surface area contributed by atoms with Gasteiger partial charge >= 0.3 is 5.97 Å². The minimum Gasteiger partial charge on any atom is -0.467 e. The van der Waals surface area contributed by atoms with Crippen molar-refractivity contribution in [3.05, 3.63) is 70.8 Å². The Bertz CT molecular complexity index is 999. The Morgan fingerprint density at radius 2 is 1.88 bits per heavy atom. The van der Waals surface area contributed by atoms with Gasteiger partial charge in [0.25, 0.3) is 0 Å². The first-order valence-electron chi connectivity index (χ1n) is 12.4. The van der Waals surface area contributed by atoms with Crippen LogP contribution < -0.4 is 5.32 Å². The normalized spacial score (nSPS) is 25.0. The molecule has 4 rings (SSSR count). The summed E-state index contributed by atoms with van der Waals surface area (Å²) in [6, 6.07) is 16.1. The summed E-state index contributed by atoms with van der Waals surface area (Å²) in [6.07, 6.45) is 5.49. The third-order valence-corrected chi connectivity index (χ3v) is 8.07. The molecule has 0 bridgehead atoms. The molecule has 1 N–H and O–H groups in total. The number of ether oxygens (including phenoxy) is 1. The molecule has 4 nitrogen and oxygen atoms in total. The van der Waals surface area contributed by atoms with Crippen LogP contribution in [0.3, 0.4) is 0 Å². The summed E-state index contributed by atoms with van der Waals surface area (Å²) in [7, 11) is 1.38. The highest BCUT2D eigenvalue weighted by atomic mass is 16.5. The van der Waals surface area contributed by atoms with E-state index in [1.165, 1.54) is 23.8 Å². The minimum absolute atomic E-state index is 0.00854. The van der Waals surface area contributed by atoms with Gasteiger partial charge < -0.3 is 10.1 Å². The molecule has 0 aromatic heterocycles. The molecule has 0 saturated heterocycles. The Hall–Kier alpha value is -2.62. The average Bonchev–Trinajstić information content (AvgIpc) is 2.83. The number of nitrogens with one attached hydrogen (secondary N) is 1. The Kier molecular flexibility index (Phi) is 6.92. The topological polar surface area (TPSA) is 55.4 Å². The second-order valence-electron chi connectivity index (χ2n) is 10.4. The van der Waals surface area contributed by atoms with Crippen LogP contribution in [0, 0.1) is 11.3 Å². The van der Waals surface area contributed by atoms with Gasteiger partial charge in [-0.05, 0) is 65.7 Å². The Labute approximate surface area is 198 Å². The van der Waals surface area contributed by atoms with Crippen molar-refractivity contribution in [2.75, 3.05) is 7.11 Å². The van der Waals surface area contributed by atoms with Crippen LogP contribution in [0.2, 0.25) is 0 Å². The van der Waals surface area contributed by atoms with Crippen LogP contribution in [-0.4, -0.2) is 25.0 Å². The first-order chi connectivity index (χ1) is 15.8. The second-order valence-corrected chi connectivity index (χ2v) is 10.4. The fraction of sp³-hybridized carbons (Fsp3) is 0.517. The maximum absolute atomic E-state index is 13.7. The predicted octanol–water partition coefficient (Wildman–Crippen LogP) is 5.55. The fourth-order valence-electron chi connectivity index (χ4n) is 6.08. The summed E-state index contributed by atoms with van der Waals surface area (Å²) in [5.74, 6) is 0.822. The summed E-state index contributed by atoms with van der Waals surface area (Å²) in [5.41, 5.74) is 4.81. The monoisotopic (exact) mass is 447 g/mol. The van der Waals surface area contributed by atoms with Gasteiger partial charge in [-0.3, -0.25) is 4.79 Å². The van der Waals surface area contributed by atoms with E-state index in [1.807, 2.05) is 30.3 Å². The number of aryl methyl sites for hydroxylation is 1. The number of rotatable bonds is 6. The predicted molar refractivity (Wildman–Crippen MR) is 131 cm³/mol. The number of hydrogen-bond donors (Lipinski definition) is 1. The van der Waals surface area contributed by atoms with Crippen molar-refractivity contribution >= 4 is 11.9 Å². The Morgan fingerprint density at radius 1 is 1.12 bits per heavy atom. The van der Waals surface area contributed by atoms with Gasteiger partial charge in [-0.1, -0.05) is 75.7 Å². The van der Waals surface area contributed by atoms with Gasteiger partial charge in [-0.15, -0.1) is 0 Å². The van der Waals surface area contributed by atoms with Crippen LogP contribution in [0.25, 0.3) is 0 Å². The molecule has 2 aromatic rings. The summed E-state index contributed by atoms with van der Waals surface area (Å²) >= 11 is 0. The van der Waals surface area contributed by atoms with Crippen LogP contribution in [0.15, 0.2) is 48.5 Å². The molecule has 0 spiro atoms. The molecule has 33 heavy (non-hydrogen) atoms. The maximum Gasteiger partial charge on any atom is 0.328 e. The van der Waals surface area contributed by atoms with Crippen molar-refractivity contribution in [3.63, 3.8) is 0 Å². The van der Waals surface area contributed by atoms with Crippen molar-refractivity contribution in [3.8, 4) is 0 Å². The van der Waals surface area contributed by atoms with Crippen LogP contribution in [0.4, 0.5) is 0 Å². The molecule has 0 unspecified atom stereocenters. The molecule has 1 fully saturated rings. The smallest absolute Gasteiger partial charge is 0.328 e. The van der Waals surface area contributed by atoms with E-state index in [4.69, 9.17) is 4.74 Å². The van der Waals surface area contributed by atoms with E-state index in [9.17, 15) is 9.59 Å². The zero-order valence-corrected chi connectivity index (χ0v) is 20.4. The number of esters is 1. The lowest BCUT2D eigenvalue weighted by Crippen LogP contribution is -2.53. The SMILES string of the molecule is COC(=O)[C@@H](Cc1ccccc1)NC(=O)[C@]1(C)CCC[C@@H]2c3ccc(C(C)C)cc3CC[C@H]21. The average molecular weight is 448 g/mol. The molecule has 0 aliphatic heterocycles. The van der Waals surface area contributed by atoms with E-state index in [-0.39, 0.29) is 5.91 Å². The van der Waals surface area contributed by atoms with Gasteiger partial charge in [0.1, 0.15) is 6.04 Å². The van der Waals surface area contributed by atoms with Gasteiger partial charge in [-0.25, -0.2) is 4.79 Å². The Morgan fingerprint density at radius 3 is 2.58 bits per heavy atom. The molecule has 0 heterocycles. The molecule has 176 valence electrons. The van der Waals surface area contributed by atoms with Crippen molar-refractivity contribution in [2.24, 2.45) is 11.3 Å². The standard InChI is InChI=1S/C29H37NO3/c1-19(2)21-12-14-23-22(18-21)13-15-25-24(23)11-8-16-29(25,3)28(32)30-26(27(31)33-4)17-20-9-6-5-7-10-20/h5-7,9-10,12,14,18-19,24-26H,8,11,13,15-17H2,1-4H3,(H,30,32)/t24-,25-,26-,29-/m1/s1. The molecule has 2 aromatic carbocycles. The van der Waals surface area contributed by atoms with E-state index < -0.39 is 17.4 Å². The first-order valence-corrected chi connectivity index (χ1v) is 12.4. The highest BCUT2D eigenvalue weighted by molar-refractivity contribution is 5.88. The number of fused-ring (bicyclic) bond motifs is 3. The van der Waals surface area contributed by atoms with E-state index >= 15 is 0 Å². The summed E-state index contributed by atoms with van der Waals surface area (Å²) < 4.78 is 5.04. The zero-order valence-electron chi connectivity index (χ0n) is 20.4. The molecular formula is C29H37NO3. The van der Waals surface area contributed by atoms with E-state index in [0.717, 1.165) is 37.7 Å². The third-order valence-electron chi connectivity index (χ3n) is 8.07. The molecular weight excluding hydrogens is 410 g/mol. The lowest BCUT2D eigenvalue weighted by Gasteiger charge is -2.48. The number of benzene rings is 2. The summed E-state index contributed by atoms with van der Waals surface area (Å²) in [4.78, 5) is 26.3. The van der Waals surface area contributed by atoms with Crippen molar-refractivity contribution < 1.29 is 14.3 Å². The quantitative estimate of drug-likeness (QED) is 0.591. The largest absolute Gasteiger partial charge is 0.467 e. The molecule has 2 aliphatic carbocycles. The van der Waals surface area contributed by atoms with Gasteiger partial charge in [0.05, 0.1) is 7.11 Å². The number of hydrogen-bond acceptors (Lipinski definition) is 3. The van der Waals surface area contributed by atoms with Crippen molar-refractivity contribution in [1.29, 1.82) is 0 Å². The summed E-state index contributed by atoms with van der Waals surface area (Å²) in [5, 5.41) is 3.09. The fourth-order valence-corrected chi connectivity index (χ4v) is 6.08.